The van der Waals surface area contributed by atoms with Gasteiger partial charge < -0.3 is 0 Å². The van der Waals surface area contributed by atoms with Crippen molar-refractivity contribution in [1.29, 1.82) is 0 Å². The lowest BCUT2D eigenvalue weighted by molar-refractivity contribution is -0.122. The predicted molar refractivity (Wildman–Crippen MR) is 147 cm³/mol. The second kappa shape index (κ2) is 9.99. The Labute approximate surface area is 220 Å². The summed E-state index contributed by atoms with van der Waals surface area (Å²) in [4.78, 5) is 34.3. The van der Waals surface area contributed by atoms with Gasteiger partial charge in [0.05, 0.1) is 17.0 Å². The summed E-state index contributed by atoms with van der Waals surface area (Å²) in [6.07, 6.45) is 3.28. The minimum Gasteiger partial charge on any atom is -0.288 e. The third-order valence-corrected chi connectivity index (χ3v) is 8.16. The first-order valence-electron chi connectivity index (χ1n) is 10.7. The molecule has 1 aliphatic rings. The Kier molecular flexibility index (Phi) is 6.80. The van der Waals surface area contributed by atoms with Gasteiger partial charge in [-0.25, -0.2) is 4.98 Å². The van der Waals surface area contributed by atoms with E-state index in [0.717, 1.165) is 16.0 Å². The lowest BCUT2D eigenvalue weighted by Gasteiger charge is -2.15. The van der Waals surface area contributed by atoms with E-state index in [1.165, 1.54) is 32.8 Å². The van der Waals surface area contributed by atoms with Gasteiger partial charge in [-0.05, 0) is 48.9 Å². The van der Waals surface area contributed by atoms with Crippen LogP contribution in [0.5, 0.6) is 0 Å². The Bertz CT molecular complexity index is 1560. The number of nitrogens with zero attached hydrogens (tertiary/aromatic N) is 3. The quantitative estimate of drug-likeness (QED) is 0.172. The van der Waals surface area contributed by atoms with Crippen molar-refractivity contribution in [2.24, 2.45) is 0 Å². The number of hydrogen-bond donors (Lipinski definition) is 0. The molecule has 3 heterocycles. The van der Waals surface area contributed by atoms with E-state index >= 15 is 0 Å². The van der Waals surface area contributed by atoms with Crippen LogP contribution < -0.4 is 5.56 Å². The van der Waals surface area contributed by atoms with E-state index in [4.69, 9.17) is 28.8 Å². The molecule has 0 saturated carbocycles. The number of benzene rings is 2. The van der Waals surface area contributed by atoms with Crippen molar-refractivity contribution in [3.8, 4) is 0 Å². The molecule has 1 saturated heterocycles. The molecule has 0 bridgehead atoms. The van der Waals surface area contributed by atoms with Gasteiger partial charge in [-0.1, -0.05) is 89.3 Å². The van der Waals surface area contributed by atoms with Crippen LogP contribution in [0.2, 0.25) is 5.02 Å². The zero-order valence-corrected chi connectivity index (χ0v) is 21.7. The van der Waals surface area contributed by atoms with Gasteiger partial charge in [0.15, 0.2) is 0 Å². The van der Waals surface area contributed by atoms with Crippen LogP contribution in [0.3, 0.4) is 0 Å². The lowest BCUT2D eigenvalue weighted by Crippen LogP contribution is -2.27. The van der Waals surface area contributed by atoms with Crippen molar-refractivity contribution in [1.82, 2.24) is 14.3 Å². The van der Waals surface area contributed by atoms with E-state index in [1.54, 1.807) is 30.5 Å². The van der Waals surface area contributed by atoms with Gasteiger partial charge >= 0.3 is 0 Å². The standard InChI is InChI=1S/C26H18ClN3O2S3/c1-16-9-11-18(12-10-16)34-23-19(24(31)29-13-5-4-8-22(29)28-23)14-21-25(32)30(26(33)35-21)15-17-6-2-3-7-20(17)27/h2-14H,15H2,1H3/b21-14+. The average molecular weight is 536 g/mol. The van der Waals surface area contributed by atoms with E-state index in [9.17, 15) is 9.59 Å². The molecule has 0 unspecified atom stereocenters. The lowest BCUT2D eigenvalue weighted by atomic mass is 10.2. The van der Waals surface area contributed by atoms with Crippen molar-refractivity contribution in [3.05, 3.63) is 110 Å². The van der Waals surface area contributed by atoms with Crippen molar-refractivity contribution in [2.75, 3.05) is 0 Å². The molecule has 2 aromatic heterocycles. The van der Waals surface area contributed by atoms with Gasteiger partial charge in [-0.15, -0.1) is 0 Å². The fourth-order valence-corrected chi connectivity index (χ4v) is 5.89. The minimum atomic E-state index is -0.260. The Morgan fingerprint density at radius 2 is 1.80 bits per heavy atom. The molecule has 0 spiro atoms. The Morgan fingerprint density at radius 3 is 2.57 bits per heavy atom. The molecule has 0 N–H and O–H groups in total. The van der Waals surface area contributed by atoms with Crippen LogP contribution in [0.15, 0.2) is 92.5 Å². The molecule has 0 atom stereocenters. The predicted octanol–water partition coefficient (Wildman–Crippen LogP) is 6.21. The number of aryl methyl sites for hydroxylation is 1. The van der Waals surface area contributed by atoms with Gasteiger partial charge in [0, 0.05) is 16.1 Å². The highest BCUT2D eigenvalue weighted by atomic mass is 35.5. The van der Waals surface area contributed by atoms with E-state index in [1.807, 2.05) is 55.5 Å². The summed E-state index contributed by atoms with van der Waals surface area (Å²) in [5.41, 5.74) is 2.58. The second-order valence-corrected chi connectivity index (χ2v) is 11.0. The fraction of sp³-hybridized carbons (Fsp3) is 0.0769. The molecule has 5 nitrogen and oxygen atoms in total. The third kappa shape index (κ3) is 4.92. The smallest absolute Gasteiger partial charge is 0.266 e. The van der Waals surface area contributed by atoms with Crippen molar-refractivity contribution >= 4 is 69.3 Å². The molecule has 1 aliphatic heterocycles. The Morgan fingerprint density at radius 1 is 1.06 bits per heavy atom. The number of rotatable bonds is 5. The van der Waals surface area contributed by atoms with E-state index in [2.05, 4.69) is 0 Å². The number of aromatic nitrogens is 2. The Hall–Kier alpha value is -2.91. The van der Waals surface area contributed by atoms with Crippen LogP contribution in [0, 0.1) is 6.92 Å². The number of halogens is 1. The third-order valence-electron chi connectivity index (χ3n) is 5.40. The second-order valence-electron chi connectivity index (χ2n) is 7.84. The zero-order valence-electron chi connectivity index (χ0n) is 18.5. The summed E-state index contributed by atoms with van der Waals surface area (Å²) in [7, 11) is 0. The molecule has 35 heavy (non-hydrogen) atoms. The van der Waals surface area contributed by atoms with Crippen molar-refractivity contribution < 1.29 is 4.79 Å². The minimum absolute atomic E-state index is 0.249. The molecule has 0 aliphatic carbocycles. The van der Waals surface area contributed by atoms with Crippen LogP contribution in [-0.2, 0) is 11.3 Å². The maximum Gasteiger partial charge on any atom is 0.266 e. The van der Waals surface area contributed by atoms with Crippen LogP contribution in [0.1, 0.15) is 16.7 Å². The summed E-state index contributed by atoms with van der Waals surface area (Å²) in [6.45, 7) is 2.28. The molecule has 4 aromatic rings. The van der Waals surface area contributed by atoms with Crippen LogP contribution in [-0.4, -0.2) is 24.5 Å². The van der Waals surface area contributed by atoms with Gasteiger partial charge in [0.25, 0.3) is 11.5 Å². The van der Waals surface area contributed by atoms with Gasteiger partial charge in [0.1, 0.15) is 15.0 Å². The number of amides is 1. The molecular weight excluding hydrogens is 518 g/mol. The molecule has 9 heteroatoms. The van der Waals surface area contributed by atoms with Crippen LogP contribution in [0.25, 0.3) is 11.7 Å². The SMILES string of the molecule is Cc1ccc(Sc2nc3ccccn3c(=O)c2/C=C2/SC(=S)N(Cc3ccccc3Cl)C2=O)cc1. The number of thiocarbonyl (C=S) groups is 1. The highest BCUT2D eigenvalue weighted by molar-refractivity contribution is 8.26. The molecule has 5 rings (SSSR count). The van der Waals surface area contributed by atoms with Crippen molar-refractivity contribution in [2.45, 2.75) is 23.4 Å². The maximum absolute atomic E-state index is 13.5. The van der Waals surface area contributed by atoms with Gasteiger partial charge in [-0.2, -0.15) is 0 Å². The largest absolute Gasteiger partial charge is 0.288 e. The number of hydrogen-bond acceptors (Lipinski definition) is 6. The monoisotopic (exact) mass is 535 g/mol. The molecular formula is C26H18ClN3O2S3. The van der Waals surface area contributed by atoms with Crippen LogP contribution in [0.4, 0.5) is 0 Å². The molecule has 1 amide bonds. The first kappa shape index (κ1) is 23.8. The summed E-state index contributed by atoms with van der Waals surface area (Å²) in [5, 5.41) is 1.10. The summed E-state index contributed by atoms with van der Waals surface area (Å²) >= 11 is 14.3. The van der Waals surface area contributed by atoms with Crippen molar-refractivity contribution in [3.63, 3.8) is 0 Å². The van der Waals surface area contributed by atoms with Crippen LogP contribution >= 0.6 is 47.3 Å². The van der Waals surface area contributed by atoms with E-state index in [-0.39, 0.29) is 18.0 Å². The number of thioether (sulfide) groups is 1. The summed E-state index contributed by atoms with van der Waals surface area (Å²) in [5.74, 6) is -0.260. The number of carbonyl (C=O) groups is 1. The molecule has 0 radical (unpaired) electrons. The first-order chi connectivity index (χ1) is 16.9. The number of pyridine rings is 1. The van der Waals surface area contributed by atoms with Gasteiger partial charge in [0.2, 0.25) is 0 Å². The van der Waals surface area contributed by atoms with E-state index in [0.29, 0.717) is 30.5 Å². The topological polar surface area (TPSA) is 54.7 Å². The first-order valence-corrected chi connectivity index (χ1v) is 13.1. The Balaban J connectivity index is 1.56. The fourth-order valence-electron chi connectivity index (χ4n) is 3.57. The molecule has 174 valence electrons. The zero-order chi connectivity index (χ0) is 24.5. The highest BCUT2D eigenvalue weighted by Crippen LogP contribution is 2.36. The summed E-state index contributed by atoms with van der Waals surface area (Å²) < 4.78 is 1.90. The number of fused-ring (bicyclic) bond motifs is 1. The molecule has 2 aromatic carbocycles. The normalized spacial score (nSPS) is 14.9. The molecule has 1 fully saturated rings. The van der Waals surface area contributed by atoms with Gasteiger partial charge in [-0.3, -0.25) is 18.9 Å². The maximum atomic E-state index is 13.5. The van der Waals surface area contributed by atoms with E-state index < -0.39 is 0 Å². The number of carbonyl (C=O) groups excluding carboxylic acids is 1. The average Bonchev–Trinajstić information content (AvgIpc) is 3.11. The highest BCUT2D eigenvalue weighted by Gasteiger charge is 2.33. The summed E-state index contributed by atoms with van der Waals surface area (Å²) in [6, 6.07) is 20.7.